The maximum atomic E-state index is 2.52. The Bertz CT molecular complexity index is 3390. The zero-order valence-electron chi connectivity index (χ0n) is 35.0. The van der Waals surface area contributed by atoms with Gasteiger partial charge in [-0.25, -0.2) is 0 Å². The summed E-state index contributed by atoms with van der Waals surface area (Å²) in [6.45, 7) is 9.68. The molecule has 0 saturated carbocycles. The van der Waals surface area contributed by atoms with E-state index in [1.807, 2.05) is 0 Å². The van der Waals surface area contributed by atoms with Crippen molar-refractivity contribution in [3.63, 3.8) is 0 Å². The normalized spacial score (nSPS) is 15.2. The molecule has 0 amide bonds. The minimum absolute atomic E-state index is 0.0530. The lowest BCUT2D eigenvalue weighted by atomic mass is 9.75. The average molecular weight is 780 g/mol. The third-order valence-corrected chi connectivity index (χ3v) is 13.9. The van der Waals surface area contributed by atoms with Crippen molar-refractivity contribution < 1.29 is 0 Å². The molecule has 0 aliphatic heterocycles. The fraction of sp³-hybridized carbons (Fsp3) is 0.100. The number of hydrogen-bond donors (Lipinski definition) is 0. The molecule has 61 heavy (non-hydrogen) atoms. The van der Waals surface area contributed by atoms with E-state index in [-0.39, 0.29) is 10.8 Å². The number of fused-ring (bicyclic) bond motifs is 9. The molecule has 1 aromatic heterocycles. The van der Waals surface area contributed by atoms with Crippen LogP contribution in [0.3, 0.4) is 0 Å². The van der Waals surface area contributed by atoms with Crippen molar-refractivity contribution in [2.45, 2.75) is 38.5 Å². The Morgan fingerprint density at radius 3 is 1.54 bits per heavy atom. The molecule has 2 aliphatic rings. The van der Waals surface area contributed by atoms with Gasteiger partial charge in [-0.05, 0) is 125 Å². The highest BCUT2D eigenvalue weighted by Gasteiger charge is 2.49. The highest BCUT2D eigenvalue weighted by Crippen LogP contribution is 2.63. The summed E-state index contributed by atoms with van der Waals surface area (Å²) < 4.78 is 2.39. The molecule has 9 aromatic carbocycles. The van der Waals surface area contributed by atoms with Crippen LogP contribution in [0.15, 0.2) is 194 Å². The molecule has 0 spiro atoms. The van der Waals surface area contributed by atoms with Crippen molar-refractivity contribution >= 4 is 66.1 Å². The smallest absolute Gasteiger partial charge is 0.0541 e. The lowest BCUT2D eigenvalue weighted by Gasteiger charge is -2.28. The first kappa shape index (κ1) is 35.7. The van der Waals surface area contributed by atoms with Crippen molar-refractivity contribution in [2.24, 2.45) is 0 Å². The number of aromatic nitrogens is 1. The van der Waals surface area contributed by atoms with Gasteiger partial charge in [0.25, 0.3) is 0 Å². The highest BCUT2D eigenvalue weighted by molar-refractivity contribution is 6.21. The first-order chi connectivity index (χ1) is 29.8. The van der Waals surface area contributed by atoms with Crippen LogP contribution in [0, 0.1) is 0 Å². The van der Waals surface area contributed by atoms with E-state index in [0.717, 1.165) is 11.3 Å². The number of allylic oxidation sites excluding steroid dienone is 2. The van der Waals surface area contributed by atoms with Gasteiger partial charge in [-0.2, -0.15) is 0 Å². The minimum atomic E-state index is -0.129. The van der Waals surface area contributed by atoms with Crippen molar-refractivity contribution in [2.75, 3.05) is 0 Å². The third-order valence-electron chi connectivity index (χ3n) is 13.9. The topological polar surface area (TPSA) is 4.93 Å². The molecule has 10 aromatic rings. The Labute approximate surface area is 357 Å². The van der Waals surface area contributed by atoms with Crippen LogP contribution in [0.2, 0.25) is 0 Å². The largest absolute Gasteiger partial charge is 0.309 e. The molecule has 0 bridgehead atoms. The zero-order chi connectivity index (χ0) is 41.0. The van der Waals surface area contributed by atoms with Gasteiger partial charge in [0, 0.05) is 27.3 Å². The lowest BCUT2D eigenvalue weighted by Crippen LogP contribution is -2.19. The van der Waals surface area contributed by atoms with Crippen molar-refractivity contribution in [3.05, 3.63) is 233 Å². The SMILES string of the molecule is CC1(C)C2=C(c3ccccc31)C(C)(C)c1cc(-c3c4ccccc4c(C(=Cc4ccc(-n5c6ccccc6c6ccccc65)cc4)c4ccccc4)c4ccccc34)ccc12. The molecular weight excluding hydrogens is 735 g/mol. The van der Waals surface area contributed by atoms with Crippen LogP contribution in [-0.2, 0) is 10.8 Å². The quantitative estimate of drug-likeness (QED) is 0.121. The summed E-state index contributed by atoms with van der Waals surface area (Å²) in [5.74, 6) is 0. The molecule has 0 unspecified atom stereocenters. The van der Waals surface area contributed by atoms with E-state index in [0.29, 0.717) is 0 Å². The Kier molecular flexibility index (Phi) is 7.69. The molecule has 0 radical (unpaired) electrons. The molecule has 2 aliphatic carbocycles. The summed E-state index contributed by atoms with van der Waals surface area (Å²) in [6.07, 6.45) is 2.39. The molecule has 290 valence electrons. The summed E-state index contributed by atoms with van der Waals surface area (Å²) in [7, 11) is 0. The minimum Gasteiger partial charge on any atom is -0.309 e. The Morgan fingerprint density at radius 1 is 0.426 bits per heavy atom. The van der Waals surface area contributed by atoms with E-state index in [2.05, 4.69) is 232 Å². The van der Waals surface area contributed by atoms with Gasteiger partial charge < -0.3 is 4.57 Å². The molecule has 0 saturated heterocycles. The average Bonchev–Trinajstić information content (AvgIpc) is 3.86. The predicted octanol–water partition coefficient (Wildman–Crippen LogP) is 15.8. The van der Waals surface area contributed by atoms with Gasteiger partial charge in [-0.1, -0.05) is 191 Å². The van der Waals surface area contributed by atoms with Gasteiger partial charge >= 0.3 is 0 Å². The molecule has 0 N–H and O–H groups in total. The highest BCUT2D eigenvalue weighted by atomic mass is 15.0. The maximum absolute atomic E-state index is 2.52. The molecule has 0 atom stereocenters. The Hall–Kier alpha value is -7.22. The Morgan fingerprint density at radius 2 is 0.918 bits per heavy atom. The van der Waals surface area contributed by atoms with Gasteiger partial charge in [-0.15, -0.1) is 0 Å². The van der Waals surface area contributed by atoms with Crippen LogP contribution in [0.5, 0.6) is 0 Å². The number of hydrogen-bond acceptors (Lipinski definition) is 0. The van der Waals surface area contributed by atoms with Crippen LogP contribution < -0.4 is 0 Å². The number of nitrogens with zero attached hydrogens (tertiary/aromatic N) is 1. The molecular formula is C60H45N. The van der Waals surface area contributed by atoms with E-state index in [4.69, 9.17) is 0 Å². The van der Waals surface area contributed by atoms with Crippen LogP contribution in [0.4, 0.5) is 0 Å². The van der Waals surface area contributed by atoms with Crippen molar-refractivity contribution in [3.8, 4) is 16.8 Å². The summed E-state index contributed by atoms with van der Waals surface area (Å²) >= 11 is 0. The van der Waals surface area contributed by atoms with Crippen LogP contribution >= 0.6 is 0 Å². The summed E-state index contributed by atoms with van der Waals surface area (Å²) in [6, 6.07) is 72.0. The van der Waals surface area contributed by atoms with Crippen molar-refractivity contribution in [1.82, 2.24) is 4.57 Å². The number of benzene rings is 9. The van der Waals surface area contributed by atoms with E-state index in [1.54, 1.807) is 0 Å². The van der Waals surface area contributed by atoms with Crippen LogP contribution in [0.1, 0.15) is 66.6 Å². The third kappa shape index (κ3) is 5.14. The van der Waals surface area contributed by atoms with Crippen molar-refractivity contribution in [1.29, 1.82) is 0 Å². The van der Waals surface area contributed by atoms with Crippen LogP contribution in [-0.4, -0.2) is 4.57 Å². The van der Waals surface area contributed by atoms with Gasteiger partial charge in [0.15, 0.2) is 0 Å². The molecule has 1 nitrogen and oxygen atoms in total. The fourth-order valence-electron chi connectivity index (χ4n) is 11.3. The summed E-state index contributed by atoms with van der Waals surface area (Å²) in [5.41, 5.74) is 19.4. The second-order valence-electron chi connectivity index (χ2n) is 18.0. The van der Waals surface area contributed by atoms with Crippen LogP contribution in [0.25, 0.3) is 83.0 Å². The maximum Gasteiger partial charge on any atom is 0.0541 e. The predicted molar refractivity (Wildman–Crippen MR) is 260 cm³/mol. The first-order valence-electron chi connectivity index (χ1n) is 21.6. The standard InChI is InChI=1S/C60H45N/c1-59(2)51-27-15-12-26-48(51)57-58(59)49-35-32-40(37-52(49)60(57,3)4)55-44-22-8-10-24-46(44)56(47-25-11-9-23-45(47)55)50(39-18-6-5-7-19-39)36-38-30-33-41(34-31-38)61-53-28-16-13-20-42(53)43-21-14-17-29-54(43)61/h5-37H,1-4H3. The second-order valence-corrected chi connectivity index (χ2v) is 18.0. The number of rotatable bonds is 5. The van der Waals surface area contributed by atoms with E-state index in [9.17, 15) is 0 Å². The summed E-state index contributed by atoms with van der Waals surface area (Å²) in [4.78, 5) is 0. The fourth-order valence-corrected chi connectivity index (χ4v) is 11.3. The van der Waals surface area contributed by atoms with E-state index >= 15 is 0 Å². The second kappa shape index (κ2) is 13.1. The van der Waals surface area contributed by atoms with E-state index < -0.39 is 0 Å². The monoisotopic (exact) mass is 779 g/mol. The Balaban J connectivity index is 1.04. The summed E-state index contributed by atoms with van der Waals surface area (Å²) in [5, 5.41) is 7.58. The molecule has 0 fully saturated rings. The van der Waals surface area contributed by atoms with Gasteiger partial charge in [0.1, 0.15) is 0 Å². The van der Waals surface area contributed by atoms with E-state index in [1.165, 1.54) is 105 Å². The van der Waals surface area contributed by atoms with Gasteiger partial charge in [0.2, 0.25) is 0 Å². The molecule has 12 rings (SSSR count). The first-order valence-corrected chi connectivity index (χ1v) is 21.6. The number of para-hydroxylation sites is 2. The van der Waals surface area contributed by atoms with Gasteiger partial charge in [0.05, 0.1) is 11.0 Å². The molecule has 1 heterocycles. The molecule has 1 heteroatoms. The lowest BCUT2D eigenvalue weighted by molar-refractivity contribution is 0.694. The van der Waals surface area contributed by atoms with Gasteiger partial charge in [-0.3, -0.25) is 0 Å². The zero-order valence-corrected chi connectivity index (χ0v) is 35.0.